The molecule has 0 unspecified atom stereocenters. The molecular formula is C14H25IN4O2S2. The highest BCUT2D eigenvalue weighted by atomic mass is 127. The maximum absolute atomic E-state index is 11.5. The molecular weight excluding hydrogens is 447 g/mol. The van der Waals surface area contributed by atoms with Gasteiger partial charge in [-0.05, 0) is 17.5 Å². The maximum atomic E-state index is 11.5. The fourth-order valence-electron chi connectivity index (χ4n) is 2.38. The fraction of sp³-hybridized carbons (Fsp3) is 0.643. The second-order valence-corrected chi connectivity index (χ2v) is 8.53. The quantitative estimate of drug-likeness (QED) is 0.400. The third-order valence-electron chi connectivity index (χ3n) is 3.74. The molecule has 0 bridgehead atoms. The van der Waals surface area contributed by atoms with E-state index in [4.69, 9.17) is 0 Å². The molecule has 0 radical (unpaired) electrons. The highest BCUT2D eigenvalue weighted by molar-refractivity contribution is 14.0. The number of rotatable bonds is 5. The number of piperazine rings is 1. The van der Waals surface area contributed by atoms with Crippen molar-refractivity contribution in [3.05, 3.63) is 17.5 Å². The first-order chi connectivity index (χ1) is 10.6. The van der Waals surface area contributed by atoms with Crippen molar-refractivity contribution < 1.29 is 8.42 Å². The molecule has 1 fully saturated rings. The lowest BCUT2D eigenvalue weighted by atomic mass is 10.3. The van der Waals surface area contributed by atoms with Gasteiger partial charge in [-0.15, -0.1) is 35.3 Å². The number of aliphatic imine (C=N–C) groups is 1. The summed E-state index contributed by atoms with van der Waals surface area (Å²) in [4.78, 5) is 8.82. The summed E-state index contributed by atoms with van der Waals surface area (Å²) in [7, 11) is -1.20. The van der Waals surface area contributed by atoms with Crippen LogP contribution in [-0.4, -0.2) is 70.6 Å². The smallest absolute Gasteiger partial charge is 0.193 e. The Balaban J connectivity index is 0.00000264. The zero-order chi connectivity index (χ0) is 16.0. The number of thiophene rings is 1. The van der Waals surface area contributed by atoms with Crippen LogP contribution in [0.5, 0.6) is 0 Å². The zero-order valence-corrected chi connectivity index (χ0v) is 17.5. The van der Waals surface area contributed by atoms with E-state index >= 15 is 0 Å². The summed E-state index contributed by atoms with van der Waals surface area (Å²) in [6.07, 6.45) is 0. The van der Waals surface area contributed by atoms with Crippen LogP contribution in [0.3, 0.4) is 0 Å². The summed E-state index contributed by atoms with van der Waals surface area (Å²) in [5.41, 5.74) is 0. The third kappa shape index (κ3) is 6.11. The van der Waals surface area contributed by atoms with Crippen LogP contribution >= 0.6 is 35.3 Å². The van der Waals surface area contributed by atoms with Gasteiger partial charge in [0.15, 0.2) is 15.8 Å². The van der Waals surface area contributed by atoms with E-state index in [0.29, 0.717) is 6.54 Å². The van der Waals surface area contributed by atoms with E-state index in [9.17, 15) is 8.42 Å². The van der Waals surface area contributed by atoms with Crippen molar-refractivity contribution in [1.29, 1.82) is 0 Å². The van der Waals surface area contributed by atoms with Crippen LogP contribution in [0.15, 0.2) is 22.5 Å². The fourth-order valence-corrected chi connectivity index (χ4v) is 3.87. The van der Waals surface area contributed by atoms with Crippen molar-refractivity contribution in [1.82, 2.24) is 10.2 Å². The molecule has 1 aliphatic heterocycles. The normalized spacial score (nSPS) is 16.2. The van der Waals surface area contributed by atoms with E-state index in [1.165, 1.54) is 5.00 Å². The van der Waals surface area contributed by atoms with E-state index in [2.05, 4.69) is 37.6 Å². The average molecular weight is 472 g/mol. The van der Waals surface area contributed by atoms with Crippen LogP contribution in [0.1, 0.15) is 6.92 Å². The monoisotopic (exact) mass is 472 g/mol. The zero-order valence-electron chi connectivity index (χ0n) is 13.6. The van der Waals surface area contributed by atoms with Gasteiger partial charge in [0, 0.05) is 45.5 Å². The van der Waals surface area contributed by atoms with Crippen LogP contribution in [0.4, 0.5) is 5.00 Å². The Labute approximate surface area is 159 Å². The second kappa shape index (κ2) is 9.67. The van der Waals surface area contributed by atoms with E-state index in [0.717, 1.165) is 32.1 Å². The summed E-state index contributed by atoms with van der Waals surface area (Å²) in [5, 5.41) is 6.56. The number of hydrogen-bond donors (Lipinski definition) is 1. The number of halogens is 1. The molecule has 1 N–H and O–H groups in total. The van der Waals surface area contributed by atoms with Crippen LogP contribution in [-0.2, 0) is 9.84 Å². The van der Waals surface area contributed by atoms with Gasteiger partial charge in [-0.1, -0.05) is 6.92 Å². The van der Waals surface area contributed by atoms with Gasteiger partial charge in [0.25, 0.3) is 0 Å². The lowest BCUT2D eigenvalue weighted by Crippen LogP contribution is -2.53. The number of nitrogens with zero attached hydrogens (tertiary/aromatic N) is 3. The molecule has 23 heavy (non-hydrogen) atoms. The molecule has 1 aromatic heterocycles. The van der Waals surface area contributed by atoms with Gasteiger partial charge in [0.1, 0.15) is 0 Å². The Morgan fingerprint density at radius 2 is 2.04 bits per heavy atom. The summed E-state index contributed by atoms with van der Waals surface area (Å²) in [5.74, 6) is 1.13. The van der Waals surface area contributed by atoms with Crippen molar-refractivity contribution in [3.8, 4) is 0 Å². The molecule has 2 heterocycles. The van der Waals surface area contributed by atoms with E-state index in [-0.39, 0.29) is 35.5 Å². The SMILES string of the molecule is CCS(=O)(=O)CCNC(=NC)N1CCN(c2cccs2)CC1.I. The van der Waals surface area contributed by atoms with Gasteiger partial charge in [-0.25, -0.2) is 8.42 Å². The molecule has 2 rings (SSSR count). The number of guanidine groups is 1. The summed E-state index contributed by atoms with van der Waals surface area (Å²) in [6.45, 7) is 5.76. The van der Waals surface area contributed by atoms with Gasteiger partial charge >= 0.3 is 0 Å². The molecule has 1 saturated heterocycles. The van der Waals surface area contributed by atoms with Crippen molar-refractivity contribution in [3.63, 3.8) is 0 Å². The van der Waals surface area contributed by atoms with Gasteiger partial charge < -0.3 is 15.1 Å². The maximum Gasteiger partial charge on any atom is 0.193 e. The molecule has 132 valence electrons. The molecule has 0 aliphatic carbocycles. The van der Waals surface area contributed by atoms with Crippen LogP contribution < -0.4 is 10.2 Å². The molecule has 1 aromatic rings. The predicted octanol–water partition coefficient (Wildman–Crippen LogP) is 1.50. The molecule has 0 spiro atoms. The Bertz CT molecular complexity index is 582. The Hall–Kier alpha value is -0.550. The van der Waals surface area contributed by atoms with Crippen LogP contribution in [0.25, 0.3) is 0 Å². The van der Waals surface area contributed by atoms with Gasteiger partial charge in [-0.3, -0.25) is 4.99 Å². The highest BCUT2D eigenvalue weighted by Gasteiger charge is 2.20. The highest BCUT2D eigenvalue weighted by Crippen LogP contribution is 2.22. The second-order valence-electron chi connectivity index (χ2n) is 5.14. The van der Waals surface area contributed by atoms with Gasteiger partial charge in [0.05, 0.1) is 10.8 Å². The lowest BCUT2D eigenvalue weighted by Gasteiger charge is -2.37. The largest absolute Gasteiger partial charge is 0.360 e. The van der Waals surface area contributed by atoms with Crippen molar-refractivity contribution in [2.24, 2.45) is 4.99 Å². The van der Waals surface area contributed by atoms with Gasteiger partial charge in [-0.2, -0.15) is 0 Å². The van der Waals surface area contributed by atoms with E-state index in [1.54, 1.807) is 25.3 Å². The first kappa shape index (κ1) is 20.5. The average Bonchev–Trinajstić information content (AvgIpc) is 3.06. The number of sulfone groups is 1. The van der Waals surface area contributed by atoms with Crippen molar-refractivity contribution >= 4 is 56.1 Å². The summed E-state index contributed by atoms with van der Waals surface area (Å²) >= 11 is 1.76. The Morgan fingerprint density at radius 1 is 1.35 bits per heavy atom. The van der Waals surface area contributed by atoms with Crippen LogP contribution in [0, 0.1) is 0 Å². The Kier molecular flexibility index (Phi) is 8.62. The number of anilines is 1. The first-order valence-corrected chi connectivity index (χ1v) is 10.2. The van der Waals surface area contributed by atoms with E-state index < -0.39 is 9.84 Å². The predicted molar refractivity (Wildman–Crippen MR) is 109 cm³/mol. The van der Waals surface area contributed by atoms with Gasteiger partial charge in [0.2, 0.25) is 0 Å². The van der Waals surface area contributed by atoms with Crippen molar-refractivity contribution in [2.45, 2.75) is 6.92 Å². The van der Waals surface area contributed by atoms with Crippen LogP contribution in [0.2, 0.25) is 0 Å². The molecule has 1 aliphatic rings. The number of hydrogen-bond acceptors (Lipinski definition) is 5. The molecule has 0 saturated carbocycles. The van der Waals surface area contributed by atoms with Crippen molar-refractivity contribution in [2.75, 3.05) is 56.2 Å². The number of nitrogens with one attached hydrogen (secondary N) is 1. The molecule has 0 atom stereocenters. The molecule has 0 amide bonds. The standard InChI is InChI=1S/C14H24N4O2S2.HI/c1-3-22(19,20)12-6-16-14(15-2)18-9-7-17(8-10-18)13-5-4-11-21-13;/h4-5,11H,3,6-10,12H2,1-2H3,(H,15,16);1H. The topological polar surface area (TPSA) is 65.0 Å². The lowest BCUT2D eigenvalue weighted by molar-refractivity contribution is 0.374. The Morgan fingerprint density at radius 3 is 2.57 bits per heavy atom. The van der Waals surface area contributed by atoms with E-state index in [1.807, 2.05) is 0 Å². The third-order valence-corrected chi connectivity index (χ3v) is 6.38. The first-order valence-electron chi connectivity index (χ1n) is 7.50. The molecule has 9 heteroatoms. The minimum Gasteiger partial charge on any atom is -0.360 e. The molecule has 0 aromatic carbocycles. The summed E-state index contributed by atoms with van der Waals surface area (Å²) < 4.78 is 23.0. The molecule has 6 nitrogen and oxygen atoms in total. The minimum atomic E-state index is -2.94. The summed E-state index contributed by atoms with van der Waals surface area (Å²) in [6, 6.07) is 4.21. The minimum absolute atomic E-state index is 0.